The number of hydrogen-bond donors (Lipinski definition) is 1. The monoisotopic (exact) mass is 315 g/mol. The SMILES string of the molecule is CCC1CCCN(S(=O)(=O)c2cc(C(=O)O)oc2C)CC1. The summed E-state index contributed by atoms with van der Waals surface area (Å²) < 4.78 is 31.8. The van der Waals surface area contributed by atoms with Gasteiger partial charge in [0.25, 0.3) is 0 Å². The Bertz CT molecular complexity index is 619. The van der Waals surface area contributed by atoms with Crippen molar-refractivity contribution in [3.05, 3.63) is 17.6 Å². The van der Waals surface area contributed by atoms with Crippen LogP contribution >= 0.6 is 0 Å². The topological polar surface area (TPSA) is 87.8 Å². The van der Waals surface area contributed by atoms with Crippen LogP contribution in [0.4, 0.5) is 0 Å². The highest BCUT2D eigenvalue weighted by atomic mass is 32.2. The van der Waals surface area contributed by atoms with Gasteiger partial charge in [0.1, 0.15) is 10.7 Å². The predicted octanol–water partition coefficient (Wildman–Crippen LogP) is 2.49. The third-order valence-electron chi connectivity index (χ3n) is 4.08. The first-order chi connectivity index (χ1) is 9.86. The molecule has 1 fully saturated rings. The van der Waals surface area contributed by atoms with Gasteiger partial charge in [-0.15, -0.1) is 0 Å². The molecule has 1 aliphatic heterocycles. The average Bonchev–Trinajstić information content (AvgIpc) is 2.68. The summed E-state index contributed by atoms with van der Waals surface area (Å²) in [7, 11) is -3.68. The smallest absolute Gasteiger partial charge is 0.371 e. The average molecular weight is 315 g/mol. The maximum atomic E-state index is 12.7. The van der Waals surface area contributed by atoms with Crippen molar-refractivity contribution in [2.75, 3.05) is 13.1 Å². The number of carboxylic acids is 1. The standard InChI is InChI=1S/C14H21NO5S/c1-3-11-5-4-7-15(8-6-11)21(18,19)13-9-12(14(16)17)20-10(13)2/h9,11H,3-8H2,1-2H3,(H,16,17). The number of hydrogen-bond acceptors (Lipinski definition) is 4. The van der Waals surface area contributed by atoms with Crippen LogP contribution in [0.2, 0.25) is 0 Å². The van der Waals surface area contributed by atoms with Gasteiger partial charge in [-0.2, -0.15) is 4.31 Å². The second-order valence-electron chi connectivity index (χ2n) is 5.45. The summed E-state index contributed by atoms with van der Waals surface area (Å²) in [6.45, 7) is 4.56. The van der Waals surface area contributed by atoms with Gasteiger partial charge in [0.2, 0.25) is 15.8 Å². The highest BCUT2D eigenvalue weighted by molar-refractivity contribution is 7.89. The summed E-state index contributed by atoms with van der Waals surface area (Å²) in [5.74, 6) is -0.914. The lowest BCUT2D eigenvalue weighted by atomic mass is 9.98. The molecule has 0 amide bonds. The van der Waals surface area contributed by atoms with Crippen molar-refractivity contribution >= 4 is 16.0 Å². The first-order valence-corrected chi connectivity index (χ1v) is 8.64. The molecule has 2 rings (SSSR count). The lowest BCUT2D eigenvalue weighted by Crippen LogP contribution is -2.32. The minimum absolute atomic E-state index is 0.0325. The maximum Gasteiger partial charge on any atom is 0.371 e. The quantitative estimate of drug-likeness (QED) is 0.922. The molecule has 0 aromatic carbocycles. The van der Waals surface area contributed by atoms with Gasteiger partial charge >= 0.3 is 5.97 Å². The molecule has 1 saturated heterocycles. The third kappa shape index (κ3) is 3.29. The summed E-state index contributed by atoms with van der Waals surface area (Å²) in [5.41, 5.74) is 0. The van der Waals surface area contributed by atoms with Crippen molar-refractivity contribution in [2.45, 2.75) is 44.4 Å². The molecule has 0 radical (unpaired) electrons. The molecule has 118 valence electrons. The van der Waals surface area contributed by atoms with Crippen LogP contribution in [0, 0.1) is 12.8 Å². The zero-order valence-corrected chi connectivity index (χ0v) is 13.1. The van der Waals surface area contributed by atoms with Crippen LogP contribution in [-0.4, -0.2) is 36.9 Å². The summed E-state index contributed by atoms with van der Waals surface area (Å²) in [5, 5.41) is 8.91. The van der Waals surface area contributed by atoms with E-state index in [0.717, 1.165) is 31.7 Å². The van der Waals surface area contributed by atoms with Crippen molar-refractivity contribution in [3.63, 3.8) is 0 Å². The number of carbonyl (C=O) groups is 1. The first kappa shape index (κ1) is 16.0. The predicted molar refractivity (Wildman–Crippen MR) is 76.8 cm³/mol. The molecule has 0 bridgehead atoms. The van der Waals surface area contributed by atoms with Gasteiger partial charge in [-0.05, 0) is 32.1 Å². The largest absolute Gasteiger partial charge is 0.475 e. The molecule has 6 nitrogen and oxygen atoms in total. The molecular weight excluding hydrogens is 294 g/mol. The molecule has 7 heteroatoms. The fourth-order valence-corrected chi connectivity index (χ4v) is 4.41. The van der Waals surface area contributed by atoms with Crippen molar-refractivity contribution in [3.8, 4) is 0 Å². The number of nitrogens with zero attached hydrogens (tertiary/aromatic N) is 1. The summed E-state index contributed by atoms with van der Waals surface area (Å²) in [4.78, 5) is 10.9. The van der Waals surface area contributed by atoms with Gasteiger partial charge in [0, 0.05) is 19.2 Å². The fraction of sp³-hybridized carbons (Fsp3) is 0.643. The van der Waals surface area contributed by atoms with Crippen LogP contribution in [0.1, 0.15) is 48.9 Å². The van der Waals surface area contributed by atoms with Crippen LogP contribution in [0.15, 0.2) is 15.4 Å². The Morgan fingerprint density at radius 1 is 1.43 bits per heavy atom. The number of aryl methyl sites for hydroxylation is 1. The summed E-state index contributed by atoms with van der Waals surface area (Å²) >= 11 is 0. The maximum absolute atomic E-state index is 12.7. The molecule has 1 N–H and O–H groups in total. The molecule has 1 atom stereocenters. The first-order valence-electron chi connectivity index (χ1n) is 7.20. The van der Waals surface area contributed by atoms with Crippen LogP contribution in [0.3, 0.4) is 0 Å². The van der Waals surface area contributed by atoms with E-state index in [4.69, 9.17) is 9.52 Å². The van der Waals surface area contributed by atoms with E-state index in [1.54, 1.807) is 0 Å². The molecule has 0 aliphatic carbocycles. The van der Waals surface area contributed by atoms with E-state index in [-0.39, 0.29) is 16.4 Å². The zero-order valence-electron chi connectivity index (χ0n) is 12.3. The van der Waals surface area contributed by atoms with Gasteiger partial charge in [0.05, 0.1) is 0 Å². The Labute approximate surface area is 124 Å². The van der Waals surface area contributed by atoms with E-state index in [1.807, 2.05) is 0 Å². The van der Waals surface area contributed by atoms with Crippen molar-refractivity contribution < 1.29 is 22.7 Å². The van der Waals surface area contributed by atoms with Gasteiger partial charge < -0.3 is 9.52 Å². The highest BCUT2D eigenvalue weighted by Gasteiger charge is 2.31. The third-order valence-corrected chi connectivity index (χ3v) is 6.09. The van der Waals surface area contributed by atoms with Crippen molar-refractivity contribution in [1.82, 2.24) is 4.31 Å². The van der Waals surface area contributed by atoms with Gasteiger partial charge in [-0.3, -0.25) is 0 Å². The number of carboxylic acid groups (broad SMARTS) is 1. The molecule has 0 spiro atoms. The van der Waals surface area contributed by atoms with Gasteiger partial charge in [-0.1, -0.05) is 13.3 Å². The van der Waals surface area contributed by atoms with E-state index < -0.39 is 16.0 Å². The van der Waals surface area contributed by atoms with E-state index in [2.05, 4.69) is 6.92 Å². The second-order valence-corrected chi connectivity index (χ2v) is 7.35. The molecule has 2 heterocycles. The van der Waals surface area contributed by atoms with Crippen LogP contribution < -0.4 is 0 Å². The van der Waals surface area contributed by atoms with E-state index in [9.17, 15) is 13.2 Å². The Morgan fingerprint density at radius 3 is 2.71 bits per heavy atom. The molecule has 21 heavy (non-hydrogen) atoms. The van der Waals surface area contributed by atoms with Crippen LogP contribution in [-0.2, 0) is 10.0 Å². The minimum Gasteiger partial charge on any atom is -0.475 e. The fourth-order valence-electron chi connectivity index (χ4n) is 2.75. The molecule has 1 aromatic rings. The summed E-state index contributed by atoms with van der Waals surface area (Å²) in [6, 6.07) is 1.11. The lowest BCUT2D eigenvalue weighted by Gasteiger charge is -2.19. The number of aromatic carboxylic acids is 1. The van der Waals surface area contributed by atoms with Crippen LogP contribution in [0.5, 0.6) is 0 Å². The molecule has 0 saturated carbocycles. The van der Waals surface area contributed by atoms with Crippen molar-refractivity contribution in [2.24, 2.45) is 5.92 Å². The zero-order chi connectivity index (χ0) is 15.6. The number of sulfonamides is 1. The van der Waals surface area contributed by atoms with E-state index >= 15 is 0 Å². The normalized spacial score (nSPS) is 21.1. The van der Waals surface area contributed by atoms with E-state index in [1.165, 1.54) is 11.2 Å². The van der Waals surface area contributed by atoms with Gasteiger partial charge in [0.15, 0.2) is 0 Å². The summed E-state index contributed by atoms with van der Waals surface area (Å²) in [6.07, 6.45) is 3.77. The molecule has 1 unspecified atom stereocenters. The van der Waals surface area contributed by atoms with Gasteiger partial charge in [-0.25, -0.2) is 13.2 Å². The van der Waals surface area contributed by atoms with Crippen LogP contribution in [0.25, 0.3) is 0 Å². The molecule has 1 aliphatic rings. The van der Waals surface area contributed by atoms with E-state index in [0.29, 0.717) is 19.0 Å². The van der Waals surface area contributed by atoms with Crippen molar-refractivity contribution in [1.29, 1.82) is 0 Å². The number of furan rings is 1. The Kier molecular flexibility index (Phi) is 4.73. The minimum atomic E-state index is -3.68. The Balaban J connectivity index is 2.27. The molecule has 1 aromatic heterocycles. The number of rotatable bonds is 4. The second kappa shape index (κ2) is 6.19. The molecular formula is C14H21NO5S. The Hall–Kier alpha value is -1.34. The highest BCUT2D eigenvalue weighted by Crippen LogP contribution is 2.28. The Morgan fingerprint density at radius 2 is 2.14 bits per heavy atom. The lowest BCUT2D eigenvalue weighted by molar-refractivity contribution is 0.0661.